The van der Waals surface area contributed by atoms with E-state index in [0.717, 1.165) is 40.1 Å². The number of aromatic amines is 2. The molecule has 6 rings (SSSR count). The van der Waals surface area contributed by atoms with E-state index in [0.29, 0.717) is 30.0 Å². The van der Waals surface area contributed by atoms with E-state index >= 15 is 0 Å². The quantitative estimate of drug-likeness (QED) is 0.300. The lowest BCUT2D eigenvalue weighted by atomic mass is 9.98. The Balaban J connectivity index is 1.41. The molecule has 0 bridgehead atoms. The Hall–Kier alpha value is -5.12. The summed E-state index contributed by atoms with van der Waals surface area (Å²) < 4.78 is 3.52. The third-order valence-corrected chi connectivity index (χ3v) is 7.19. The maximum absolute atomic E-state index is 13.2. The van der Waals surface area contributed by atoms with Crippen molar-refractivity contribution in [1.29, 1.82) is 0 Å². The van der Waals surface area contributed by atoms with Gasteiger partial charge < -0.3 is 4.57 Å². The first-order chi connectivity index (χ1) is 19.5. The monoisotopic (exact) mass is 532 g/mol. The van der Waals surface area contributed by atoms with Crippen LogP contribution in [-0.2, 0) is 13.0 Å². The van der Waals surface area contributed by atoms with Gasteiger partial charge in [-0.15, -0.1) is 5.10 Å². The van der Waals surface area contributed by atoms with Crippen LogP contribution in [0.1, 0.15) is 43.3 Å². The standard InChI is InChI=1S/C30H28N8O2/c1-3-9-25-31-28-26(29(39)32-30(40)38(28)19(2)21-10-5-4-6-11-21)37(25)18-20-14-16-22(17-15-20)23-12-7-8-13-24(23)27-33-35-36-34-27/h4-8,10-17,19H,3,9,18H2,1-2H3,(H,32,39,40)(H,33,34,35,36). The van der Waals surface area contributed by atoms with Gasteiger partial charge in [0.2, 0.25) is 0 Å². The summed E-state index contributed by atoms with van der Waals surface area (Å²) >= 11 is 0. The molecule has 0 amide bonds. The molecular weight excluding hydrogens is 504 g/mol. The van der Waals surface area contributed by atoms with Crippen LogP contribution in [0.3, 0.4) is 0 Å². The van der Waals surface area contributed by atoms with Crippen molar-refractivity contribution >= 4 is 11.2 Å². The van der Waals surface area contributed by atoms with E-state index in [-0.39, 0.29) is 6.04 Å². The summed E-state index contributed by atoms with van der Waals surface area (Å²) in [4.78, 5) is 33.6. The molecule has 10 heteroatoms. The van der Waals surface area contributed by atoms with Crippen molar-refractivity contribution in [3.05, 3.63) is 117 Å². The number of imidazole rings is 1. The number of H-pyrrole nitrogens is 2. The summed E-state index contributed by atoms with van der Waals surface area (Å²) in [6.07, 6.45) is 1.53. The van der Waals surface area contributed by atoms with Crippen LogP contribution in [0.4, 0.5) is 0 Å². The molecule has 3 aromatic heterocycles. The number of tetrazole rings is 1. The molecule has 0 aliphatic heterocycles. The molecule has 1 atom stereocenters. The Morgan fingerprint density at radius 1 is 0.900 bits per heavy atom. The minimum absolute atomic E-state index is 0.301. The van der Waals surface area contributed by atoms with Gasteiger partial charge in [-0.1, -0.05) is 85.8 Å². The van der Waals surface area contributed by atoms with Crippen LogP contribution in [0.2, 0.25) is 0 Å². The molecule has 0 saturated carbocycles. The fourth-order valence-electron chi connectivity index (χ4n) is 5.20. The number of aromatic nitrogens is 8. The molecule has 1 unspecified atom stereocenters. The lowest BCUT2D eigenvalue weighted by molar-refractivity contribution is 0.614. The molecular formula is C30H28N8O2. The Morgan fingerprint density at radius 3 is 2.33 bits per heavy atom. The van der Waals surface area contributed by atoms with Gasteiger partial charge in [0.05, 0.1) is 6.04 Å². The molecule has 0 radical (unpaired) electrons. The van der Waals surface area contributed by atoms with Crippen LogP contribution in [0.25, 0.3) is 33.7 Å². The van der Waals surface area contributed by atoms with Gasteiger partial charge in [0, 0.05) is 18.5 Å². The van der Waals surface area contributed by atoms with Crippen LogP contribution < -0.4 is 11.2 Å². The topological polar surface area (TPSA) is 127 Å². The van der Waals surface area contributed by atoms with Crippen LogP contribution in [0, 0.1) is 0 Å². The van der Waals surface area contributed by atoms with Crippen molar-refractivity contribution in [3.8, 4) is 22.5 Å². The summed E-state index contributed by atoms with van der Waals surface area (Å²) in [7, 11) is 0. The summed E-state index contributed by atoms with van der Waals surface area (Å²) in [5.74, 6) is 1.37. The number of hydrogen-bond acceptors (Lipinski definition) is 6. The number of rotatable bonds is 8. The lowest BCUT2D eigenvalue weighted by Crippen LogP contribution is -2.33. The summed E-state index contributed by atoms with van der Waals surface area (Å²) in [6.45, 7) is 4.46. The predicted molar refractivity (Wildman–Crippen MR) is 153 cm³/mol. The summed E-state index contributed by atoms with van der Waals surface area (Å²) in [5, 5.41) is 14.3. The van der Waals surface area contributed by atoms with E-state index in [9.17, 15) is 9.59 Å². The molecule has 0 spiro atoms. The zero-order valence-electron chi connectivity index (χ0n) is 22.2. The van der Waals surface area contributed by atoms with E-state index in [4.69, 9.17) is 4.98 Å². The molecule has 10 nitrogen and oxygen atoms in total. The largest absolute Gasteiger partial charge is 0.330 e. The van der Waals surface area contributed by atoms with Crippen LogP contribution in [-0.4, -0.2) is 39.7 Å². The highest BCUT2D eigenvalue weighted by Crippen LogP contribution is 2.30. The Morgan fingerprint density at radius 2 is 1.62 bits per heavy atom. The molecule has 3 aromatic carbocycles. The number of aryl methyl sites for hydroxylation is 1. The SMILES string of the molecule is CCCc1nc2c(c(=O)[nH]c(=O)n2C(C)c2ccccc2)n1Cc1ccc(-c2ccccc2-c2nnn[nH]2)cc1. The number of nitrogens with one attached hydrogen (secondary N) is 2. The van der Waals surface area contributed by atoms with Crippen molar-refractivity contribution in [2.24, 2.45) is 0 Å². The second kappa shape index (κ2) is 10.6. The average Bonchev–Trinajstić information content (AvgIpc) is 3.63. The van der Waals surface area contributed by atoms with E-state index < -0.39 is 11.2 Å². The first kappa shape index (κ1) is 25.2. The molecule has 0 aliphatic rings. The first-order valence-electron chi connectivity index (χ1n) is 13.3. The normalized spacial score (nSPS) is 12.2. The van der Waals surface area contributed by atoms with Gasteiger partial charge in [0.15, 0.2) is 17.0 Å². The van der Waals surface area contributed by atoms with Crippen LogP contribution >= 0.6 is 0 Å². The third-order valence-electron chi connectivity index (χ3n) is 7.19. The minimum Gasteiger partial charge on any atom is -0.318 e. The highest BCUT2D eigenvalue weighted by atomic mass is 16.2. The van der Waals surface area contributed by atoms with Crippen molar-refractivity contribution in [1.82, 2.24) is 39.7 Å². The molecule has 0 fully saturated rings. The van der Waals surface area contributed by atoms with Gasteiger partial charge in [-0.3, -0.25) is 14.3 Å². The van der Waals surface area contributed by atoms with Crippen LogP contribution in [0.5, 0.6) is 0 Å². The maximum Gasteiger partial charge on any atom is 0.330 e. The first-order valence-corrected chi connectivity index (χ1v) is 13.3. The highest BCUT2D eigenvalue weighted by Gasteiger charge is 2.22. The zero-order chi connectivity index (χ0) is 27.6. The van der Waals surface area contributed by atoms with Gasteiger partial charge in [-0.2, -0.15) is 0 Å². The van der Waals surface area contributed by atoms with Gasteiger partial charge in [0.25, 0.3) is 5.56 Å². The van der Waals surface area contributed by atoms with Crippen molar-refractivity contribution in [2.45, 2.75) is 39.3 Å². The molecule has 3 heterocycles. The minimum atomic E-state index is -0.466. The van der Waals surface area contributed by atoms with Gasteiger partial charge >= 0.3 is 5.69 Å². The van der Waals surface area contributed by atoms with Gasteiger partial charge in [0.1, 0.15) is 5.82 Å². The smallest absolute Gasteiger partial charge is 0.318 e. The third kappa shape index (κ3) is 4.53. The number of benzene rings is 3. The lowest BCUT2D eigenvalue weighted by Gasteiger charge is -2.16. The second-order valence-electron chi connectivity index (χ2n) is 9.74. The van der Waals surface area contributed by atoms with E-state index in [1.54, 1.807) is 4.57 Å². The van der Waals surface area contributed by atoms with E-state index in [1.807, 2.05) is 90.4 Å². The molecule has 0 saturated heterocycles. The Kier molecular flexibility index (Phi) is 6.65. The number of nitrogens with zero attached hydrogens (tertiary/aromatic N) is 6. The van der Waals surface area contributed by atoms with Crippen molar-refractivity contribution in [2.75, 3.05) is 0 Å². The predicted octanol–water partition coefficient (Wildman–Crippen LogP) is 4.34. The average molecular weight is 533 g/mol. The van der Waals surface area contributed by atoms with Crippen molar-refractivity contribution < 1.29 is 0 Å². The molecule has 200 valence electrons. The van der Waals surface area contributed by atoms with Gasteiger partial charge in [-0.25, -0.2) is 14.9 Å². The molecule has 40 heavy (non-hydrogen) atoms. The molecule has 2 N–H and O–H groups in total. The molecule has 6 aromatic rings. The number of hydrogen-bond donors (Lipinski definition) is 2. The summed E-state index contributed by atoms with van der Waals surface area (Å²) in [6, 6.07) is 25.6. The van der Waals surface area contributed by atoms with E-state index in [2.05, 4.69) is 32.5 Å². The van der Waals surface area contributed by atoms with Crippen LogP contribution in [0.15, 0.2) is 88.5 Å². The van der Waals surface area contributed by atoms with Gasteiger partial charge in [-0.05, 0) is 46.0 Å². The fourth-order valence-corrected chi connectivity index (χ4v) is 5.20. The zero-order valence-corrected chi connectivity index (χ0v) is 22.2. The summed E-state index contributed by atoms with van der Waals surface area (Å²) in [5.41, 5.74) is 4.80. The maximum atomic E-state index is 13.2. The Bertz CT molecular complexity index is 1890. The van der Waals surface area contributed by atoms with Crippen molar-refractivity contribution in [3.63, 3.8) is 0 Å². The fraction of sp³-hybridized carbons (Fsp3) is 0.200. The second-order valence-corrected chi connectivity index (χ2v) is 9.74. The Labute approximate surface area is 229 Å². The highest BCUT2D eigenvalue weighted by molar-refractivity contribution is 5.80. The number of fused-ring (bicyclic) bond motifs is 1. The van der Waals surface area contributed by atoms with E-state index in [1.165, 1.54) is 0 Å². The molecule has 0 aliphatic carbocycles.